The molecule has 102 valence electrons. The molecule has 0 saturated heterocycles. The van der Waals surface area contributed by atoms with Crippen LogP contribution in [0.2, 0.25) is 0 Å². The molecule has 0 rings (SSSR count). The van der Waals surface area contributed by atoms with Crippen LogP contribution in [0.15, 0.2) is 48.6 Å². The molecular formula is C17H28O. The van der Waals surface area contributed by atoms with Crippen molar-refractivity contribution >= 4 is 0 Å². The van der Waals surface area contributed by atoms with Crippen molar-refractivity contribution in [3.05, 3.63) is 48.6 Å². The highest BCUT2D eigenvalue weighted by molar-refractivity contribution is 4.99. The summed E-state index contributed by atoms with van der Waals surface area (Å²) in [5.74, 6) is 0. The molecule has 0 aliphatic carbocycles. The van der Waals surface area contributed by atoms with E-state index < -0.39 is 0 Å². The average Bonchev–Trinajstić information content (AvgIpc) is 2.39. The van der Waals surface area contributed by atoms with Crippen LogP contribution in [-0.2, 0) is 0 Å². The minimum Gasteiger partial charge on any atom is -0.392 e. The Labute approximate surface area is 113 Å². The summed E-state index contributed by atoms with van der Waals surface area (Å²) in [5.41, 5.74) is 0. The Morgan fingerprint density at radius 2 is 1.17 bits per heavy atom. The number of unbranched alkanes of at least 4 members (excludes halogenated alkanes) is 3. The third kappa shape index (κ3) is 14.9. The lowest BCUT2D eigenvalue weighted by atomic mass is 10.2. The van der Waals surface area contributed by atoms with E-state index in [9.17, 15) is 0 Å². The van der Waals surface area contributed by atoms with E-state index in [1.165, 1.54) is 25.7 Å². The highest BCUT2D eigenvalue weighted by Crippen LogP contribution is 2.00. The first-order valence-corrected chi connectivity index (χ1v) is 7.12. The molecule has 0 heterocycles. The van der Waals surface area contributed by atoms with Crippen molar-refractivity contribution in [3.8, 4) is 0 Å². The van der Waals surface area contributed by atoms with Gasteiger partial charge in [0.2, 0.25) is 0 Å². The molecule has 0 radical (unpaired) electrons. The normalized spacial score (nSPS) is 12.8. The number of hydrogen-bond acceptors (Lipinski definition) is 1. The second kappa shape index (κ2) is 15.9. The van der Waals surface area contributed by atoms with E-state index in [-0.39, 0.29) is 6.61 Å². The molecule has 0 aromatic carbocycles. The molecule has 1 heteroatoms. The van der Waals surface area contributed by atoms with Gasteiger partial charge in [0, 0.05) is 0 Å². The summed E-state index contributed by atoms with van der Waals surface area (Å²) in [6.45, 7) is 2.37. The summed E-state index contributed by atoms with van der Waals surface area (Å²) < 4.78 is 0. The summed E-state index contributed by atoms with van der Waals surface area (Å²) in [4.78, 5) is 0. The van der Waals surface area contributed by atoms with Crippen molar-refractivity contribution in [2.75, 3.05) is 6.61 Å². The van der Waals surface area contributed by atoms with Crippen molar-refractivity contribution in [1.82, 2.24) is 0 Å². The Balaban J connectivity index is 3.34. The lowest BCUT2D eigenvalue weighted by Gasteiger charge is -1.90. The van der Waals surface area contributed by atoms with Crippen LogP contribution in [0.5, 0.6) is 0 Å². The summed E-state index contributed by atoms with van der Waals surface area (Å²) in [6.07, 6.45) is 25.1. The second-order valence-corrected chi connectivity index (χ2v) is 4.27. The van der Waals surface area contributed by atoms with Crippen LogP contribution in [0, 0.1) is 0 Å². The fourth-order valence-electron chi connectivity index (χ4n) is 1.52. The fraction of sp³-hybridized carbons (Fsp3) is 0.529. The predicted molar refractivity (Wildman–Crippen MR) is 81.6 cm³/mol. The monoisotopic (exact) mass is 248 g/mol. The van der Waals surface area contributed by atoms with E-state index in [0.29, 0.717) is 0 Å². The summed E-state index contributed by atoms with van der Waals surface area (Å²) >= 11 is 0. The maximum atomic E-state index is 8.53. The van der Waals surface area contributed by atoms with Gasteiger partial charge < -0.3 is 5.11 Å². The topological polar surface area (TPSA) is 20.2 Å². The standard InChI is InChI=1S/C17H28O/c1-2-3-4-5-6-7-8-9-10-11-12-13-14-15-16-17-18/h6-7,9-10,12-13,15-16,18H,2-5,8,11,14,17H2,1H3/b7-6-,10-9-,13-12-,16-15-. The van der Waals surface area contributed by atoms with Crippen LogP contribution < -0.4 is 0 Å². The Hall–Kier alpha value is -1.08. The molecule has 0 aliphatic heterocycles. The molecule has 18 heavy (non-hydrogen) atoms. The van der Waals surface area contributed by atoms with E-state index in [0.717, 1.165) is 19.3 Å². The fourth-order valence-corrected chi connectivity index (χ4v) is 1.52. The minimum absolute atomic E-state index is 0.137. The first kappa shape index (κ1) is 16.9. The van der Waals surface area contributed by atoms with Gasteiger partial charge in [-0.05, 0) is 32.1 Å². The van der Waals surface area contributed by atoms with Crippen LogP contribution >= 0.6 is 0 Å². The van der Waals surface area contributed by atoms with Crippen molar-refractivity contribution in [3.63, 3.8) is 0 Å². The predicted octanol–water partition coefficient (Wildman–Crippen LogP) is 4.95. The van der Waals surface area contributed by atoms with E-state index in [1.54, 1.807) is 6.08 Å². The number of rotatable bonds is 11. The molecule has 0 fully saturated rings. The first-order chi connectivity index (χ1) is 8.91. The quantitative estimate of drug-likeness (QED) is 0.405. The van der Waals surface area contributed by atoms with Crippen LogP contribution in [-0.4, -0.2) is 11.7 Å². The molecule has 0 aromatic rings. The van der Waals surface area contributed by atoms with Crippen molar-refractivity contribution in [2.24, 2.45) is 0 Å². The molecule has 0 atom stereocenters. The molecule has 0 amide bonds. The van der Waals surface area contributed by atoms with E-state index in [4.69, 9.17) is 5.11 Å². The summed E-state index contributed by atoms with van der Waals surface area (Å²) in [6, 6.07) is 0. The highest BCUT2D eigenvalue weighted by atomic mass is 16.2. The molecule has 0 saturated carbocycles. The van der Waals surface area contributed by atoms with Gasteiger partial charge in [-0.15, -0.1) is 0 Å². The lowest BCUT2D eigenvalue weighted by Crippen LogP contribution is -1.70. The SMILES string of the molecule is CCCCC/C=C\C/C=C\C/C=C\C/C=C\CO. The minimum atomic E-state index is 0.137. The molecule has 0 bridgehead atoms. The molecule has 1 N–H and O–H groups in total. The van der Waals surface area contributed by atoms with Gasteiger partial charge in [-0.2, -0.15) is 0 Å². The first-order valence-electron chi connectivity index (χ1n) is 7.12. The van der Waals surface area contributed by atoms with E-state index in [1.807, 2.05) is 6.08 Å². The van der Waals surface area contributed by atoms with Gasteiger partial charge in [0.15, 0.2) is 0 Å². The van der Waals surface area contributed by atoms with Crippen LogP contribution in [0.3, 0.4) is 0 Å². The number of hydrogen-bond donors (Lipinski definition) is 1. The zero-order valence-electron chi connectivity index (χ0n) is 11.7. The van der Waals surface area contributed by atoms with Crippen LogP contribution in [0.1, 0.15) is 51.9 Å². The van der Waals surface area contributed by atoms with Gasteiger partial charge >= 0.3 is 0 Å². The maximum Gasteiger partial charge on any atom is 0.0612 e. The molecule has 0 aromatic heterocycles. The van der Waals surface area contributed by atoms with Crippen molar-refractivity contribution < 1.29 is 5.11 Å². The molecule has 0 aliphatic rings. The van der Waals surface area contributed by atoms with Crippen molar-refractivity contribution in [2.45, 2.75) is 51.9 Å². The Morgan fingerprint density at radius 3 is 1.67 bits per heavy atom. The zero-order valence-corrected chi connectivity index (χ0v) is 11.7. The molecular weight excluding hydrogens is 220 g/mol. The average molecular weight is 248 g/mol. The van der Waals surface area contributed by atoms with Gasteiger partial charge in [-0.25, -0.2) is 0 Å². The van der Waals surface area contributed by atoms with Gasteiger partial charge in [0.1, 0.15) is 0 Å². The highest BCUT2D eigenvalue weighted by Gasteiger charge is 1.80. The van der Waals surface area contributed by atoms with E-state index >= 15 is 0 Å². The summed E-state index contributed by atoms with van der Waals surface area (Å²) in [5, 5.41) is 8.53. The van der Waals surface area contributed by atoms with E-state index in [2.05, 4.69) is 43.4 Å². The second-order valence-electron chi connectivity index (χ2n) is 4.27. The Morgan fingerprint density at radius 1 is 0.667 bits per heavy atom. The third-order valence-corrected chi connectivity index (χ3v) is 2.56. The zero-order chi connectivity index (χ0) is 13.3. The van der Waals surface area contributed by atoms with Gasteiger partial charge in [-0.3, -0.25) is 0 Å². The Bertz CT molecular complexity index is 259. The lowest BCUT2D eigenvalue weighted by molar-refractivity contribution is 0.342. The summed E-state index contributed by atoms with van der Waals surface area (Å²) in [7, 11) is 0. The number of allylic oxidation sites excluding steroid dienone is 7. The van der Waals surface area contributed by atoms with Gasteiger partial charge in [0.05, 0.1) is 6.61 Å². The smallest absolute Gasteiger partial charge is 0.0612 e. The molecule has 0 unspecified atom stereocenters. The number of aliphatic hydroxyl groups excluding tert-OH is 1. The van der Waals surface area contributed by atoms with Crippen molar-refractivity contribution in [1.29, 1.82) is 0 Å². The van der Waals surface area contributed by atoms with Gasteiger partial charge in [-0.1, -0.05) is 68.4 Å². The number of aliphatic hydroxyl groups is 1. The van der Waals surface area contributed by atoms with Gasteiger partial charge in [0.25, 0.3) is 0 Å². The largest absolute Gasteiger partial charge is 0.392 e. The van der Waals surface area contributed by atoms with Crippen LogP contribution in [0.4, 0.5) is 0 Å². The maximum absolute atomic E-state index is 8.53. The molecule has 1 nitrogen and oxygen atoms in total. The third-order valence-electron chi connectivity index (χ3n) is 2.56. The van der Waals surface area contributed by atoms with Crippen LogP contribution in [0.25, 0.3) is 0 Å². The Kier molecular flexibility index (Phi) is 15.0. The molecule has 0 spiro atoms.